The predicted molar refractivity (Wildman–Crippen MR) is 180 cm³/mol. The van der Waals surface area contributed by atoms with Gasteiger partial charge in [-0.05, 0) is 61.1 Å². The number of hydrogen-bond donors (Lipinski definition) is 4. The first-order valence-corrected chi connectivity index (χ1v) is 16.7. The number of carbonyl (C=O) groups excluding carboxylic acids is 5. The minimum Gasteiger partial charge on any atom is -0.497 e. The van der Waals surface area contributed by atoms with Crippen molar-refractivity contribution in [1.29, 1.82) is 0 Å². The van der Waals surface area contributed by atoms with E-state index in [4.69, 9.17) is 4.74 Å². The maximum atomic E-state index is 13.9. The lowest BCUT2D eigenvalue weighted by atomic mass is 10.0. The molecule has 12 nitrogen and oxygen atoms in total. The van der Waals surface area contributed by atoms with Gasteiger partial charge in [0.25, 0.3) is 5.91 Å². The summed E-state index contributed by atoms with van der Waals surface area (Å²) >= 11 is 1.40. The Hall–Kier alpha value is -4.52. The summed E-state index contributed by atoms with van der Waals surface area (Å²) in [6.07, 6.45) is 0.439. The van der Waals surface area contributed by atoms with E-state index in [0.717, 1.165) is 15.8 Å². The van der Waals surface area contributed by atoms with Crippen molar-refractivity contribution in [3.8, 4) is 5.75 Å². The Morgan fingerprint density at radius 3 is 2.30 bits per heavy atom. The van der Waals surface area contributed by atoms with E-state index in [-0.39, 0.29) is 31.3 Å². The summed E-state index contributed by atoms with van der Waals surface area (Å²) in [6.45, 7) is 8.90. The van der Waals surface area contributed by atoms with Crippen LogP contribution in [0.4, 0.5) is 0 Å². The largest absolute Gasteiger partial charge is 0.497 e. The second kappa shape index (κ2) is 15.9. The summed E-state index contributed by atoms with van der Waals surface area (Å²) in [6, 6.07) is 8.76. The molecule has 2 heterocycles. The van der Waals surface area contributed by atoms with Crippen molar-refractivity contribution in [2.45, 2.75) is 71.6 Å². The minimum atomic E-state index is -1.04. The van der Waals surface area contributed by atoms with Gasteiger partial charge in [-0.1, -0.05) is 39.8 Å². The van der Waals surface area contributed by atoms with Crippen molar-refractivity contribution in [3.05, 3.63) is 59.1 Å². The summed E-state index contributed by atoms with van der Waals surface area (Å²) in [5.74, 6) is -1.93. The van der Waals surface area contributed by atoms with Crippen molar-refractivity contribution in [3.63, 3.8) is 0 Å². The molecule has 1 aliphatic rings. The number of fused-ring (bicyclic) bond motifs is 1. The quantitative estimate of drug-likeness (QED) is 0.302. The number of carbonyl (C=O) groups is 5. The molecule has 252 valence electrons. The molecule has 1 aliphatic heterocycles. The predicted octanol–water partition coefficient (Wildman–Crippen LogP) is 2.66. The Morgan fingerprint density at radius 1 is 0.936 bits per heavy atom. The maximum Gasteiger partial charge on any atom is 0.254 e. The normalized spacial score (nSPS) is 21.8. The number of nitrogens with zero attached hydrogens (tertiary/aromatic N) is 2. The molecule has 0 unspecified atom stereocenters. The Bertz CT molecular complexity index is 1590. The third-order valence-electron chi connectivity index (χ3n) is 8.09. The van der Waals surface area contributed by atoms with Crippen LogP contribution in [-0.4, -0.2) is 83.8 Å². The van der Waals surface area contributed by atoms with Crippen LogP contribution in [0.5, 0.6) is 5.75 Å². The van der Waals surface area contributed by atoms with Gasteiger partial charge in [-0.15, -0.1) is 11.3 Å². The van der Waals surface area contributed by atoms with Crippen molar-refractivity contribution < 1.29 is 28.7 Å². The molecule has 5 amide bonds. The lowest BCUT2D eigenvalue weighted by Crippen LogP contribution is -2.57. The molecule has 0 bridgehead atoms. The highest BCUT2D eigenvalue weighted by Gasteiger charge is 2.32. The van der Waals surface area contributed by atoms with E-state index in [2.05, 4.69) is 26.3 Å². The summed E-state index contributed by atoms with van der Waals surface area (Å²) in [4.78, 5) is 73.9. The van der Waals surface area contributed by atoms with Crippen LogP contribution >= 0.6 is 11.3 Å². The number of benzene rings is 2. The van der Waals surface area contributed by atoms with Gasteiger partial charge in [-0.2, -0.15) is 0 Å². The van der Waals surface area contributed by atoms with Crippen LogP contribution in [0, 0.1) is 11.8 Å². The molecule has 1 saturated heterocycles. The van der Waals surface area contributed by atoms with Gasteiger partial charge < -0.3 is 30.9 Å². The third kappa shape index (κ3) is 9.50. The van der Waals surface area contributed by atoms with Crippen LogP contribution in [0.3, 0.4) is 0 Å². The van der Waals surface area contributed by atoms with Crippen LogP contribution in [0.2, 0.25) is 0 Å². The molecule has 0 saturated carbocycles. The van der Waals surface area contributed by atoms with E-state index in [9.17, 15) is 24.0 Å². The number of thiazole rings is 1. The molecule has 1 aromatic heterocycles. The zero-order valence-electron chi connectivity index (χ0n) is 27.7. The molecular weight excluding hydrogens is 620 g/mol. The molecule has 1 fully saturated rings. The lowest BCUT2D eigenvalue weighted by molar-refractivity contribution is -0.133. The molecule has 13 heteroatoms. The fraction of sp³-hybridized carbons (Fsp3) is 0.471. The number of methoxy groups -OCH3 is 1. The van der Waals surface area contributed by atoms with Crippen molar-refractivity contribution in [2.24, 2.45) is 11.8 Å². The van der Waals surface area contributed by atoms with Gasteiger partial charge in [0.15, 0.2) is 0 Å². The molecule has 4 N–H and O–H groups in total. The SMILES string of the molecule is COc1ccc(C[C@@H]2NC(=O)[C@H](CC(C)C)NC(=O)CN(C(=O)c3ccc4ncsc4c3)C[C@H](C(C)C)NC(=O)[C@@H](C)NC2=O)cc1. The van der Waals surface area contributed by atoms with Crippen LogP contribution in [-0.2, 0) is 25.6 Å². The zero-order chi connectivity index (χ0) is 34.2. The lowest BCUT2D eigenvalue weighted by Gasteiger charge is -2.31. The fourth-order valence-corrected chi connectivity index (χ4v) is 6.05. The maximum absolute atomic E-state index is 13.9. The Kier molecular flexibility index (Phi) is 11.9. The topological polar surface area (TPSA) is 159 Å². The van der Waals surface area contributed by atoms with Crippen molar-refractivity contribution in [2.75, 3.05) is 20.2 Å². The average molecular weight is 665 g/mol. The highest BCUT2D eigenvalue weighted by Crippen LogP contribution is 2.21. The van der Waals surface area contributed by atoms with Gasteiger partial charge in [0.2, 0.25) is 23.6 Å². The average Bonchev–Trinajstić information content (AvgIpc) is 3.50. The second-order valence-electron chi connectivity index (χ2n) is 12.7. The first-order chi connectivity index (χ1) is 22.3. The van der Waals surface area contributed by atoms with Crippen LogP contribution in [0.1, 0.15) is 57.0 Å². The number of amides is 5. The van der Waals surface area contributed by atoms with Crippen LogP contribution in [0.15, 0.2) is 48.0 Å². The molecule has 0 radical (unpaired) electrons. The molecule has 0 aliphatic carbocycles. The third-order valence-corrected chi connectivity index (χ3v) is 8.88. The molecule has 47 heavy (non-hydrogen) atoms. The smallest absolute Gasteiger partial charge is 0.254 e. The van der Waals surface area contributed by atoms with E-state index < -0.39 is 53.7 Å². The second-order valence-corrected chi connectivity index (χ2v) is 13.6. The molecule has 0 spiro atoms. The van der Waals surface area contributed by atoms with E-state index >= 15 is 0 Å². The first-order valence-electron chi connectivity index (χ1n) is 15.8. The Labute approximate surface area is 279 Å². The highest BCUT2D eigenvalue weighted by atomic mass is 32.1. The van der Waals surface area contributed by atoms with Gasteiger partial charge in [0.05, 0.1) is 29.4 Å². The van der Waals surface area contributed by atoms with E-state index in [0.29, 0.717) is 17.7 Å². The summed E-state index contributed by atoms with van der Waals surface area (Å²) in [7, 11) is 1.55. The number of aromatic nitrogens is 1. The van der Waals surface area contributed by atoms with Gasteiger partial charge in [-0.25, -0.2) is 4.98 Å². The fourth-order valence-electron chi connectivity index (χ4n) is 5.33. The van der Waals surface area contributed by atoms with E-state index in [1.807, 2.05) is 27.7 Å². The van der Waals surface area contributed by atoms with Gasteiger partial charge in [-0.3, -0.25) is 24.0 Å². The molecular formula is C34H44N6O6S. The molecule has 4 atom stereocenters. The van der Waals surface area contributed by atoms with Crippen LogP contribution < -0.4 is 26.0 Å². The van der Waals surface area contributed by atoms with Gasteiger partial charge in [0, 0.05) is 24.6 Å². The summed E-state index contributed by atoms with van der Waals surface area (Å²) in [5, 5.41) is 11.3. The number of nitrogens with one attached hydrogen (secondary N) is 4. The number of hydrogen-bond acceptors (Lipinski definition) is 8. The molecule has 2 aromatic carbocycles. The summed E-state index contributed by atoms with van der Waals surface area (Å²) < 4.78 is 6.06. The van der Waals surface area contributed by atoms with Crippen molar-refractivity contribution >= 4 is 51.1 Å². The number of ether oxygens (including phenoxy) is 1. The van der Waals surface area contributed by atoms with Crippen LogP contribution in [0.25, 0.3) is 10.2 Å². The van der Waals surface area contributed by atoms with E-state index in [1.54, 1.807) is 62.0 Å². The number of rotatable bonds is 7. The van der Waals surface area contributed by atoms with Gasteiger partial charge in [0.1, 0.15) is 23.9 Å². The minimum absolute atomic E-state index is 0.0260. The van der Waals surface area contributed by atoms with E-state index in [1.165, 1.54) is 16.2 Å². The standard InChI is InChI=1S/C34H44N6O6S/c1-19(2)13-26-33(44)38-27(14-22-7-10-24(46-6)11-8-22)32(43)36-21(5)31(42)39-28(20(3)4)16-40(17-30(41)37-26)34(45)23-9-12-25-29(15-23)47-18-35-25/h7-12,15,18-21,26-28H,13-14,16-17H2,1-6H3,(H,36,43)(H,37,41)(H,38,44)(H,39,42)/t21-,26+,27+,28-/m1/s1. The molecule has 3 aromatic rings. The van der Waals surface area contributed by atoms with Gasteiger partial charge >= 0.3 is 0 Å². The Balaban J connectivity index is 1.68. The molecule has 4 rings (SSSR count). The zero-order valence-corrected chi connectivity index (χ0v) is 28.5. The van der Waals surface area contributed by atoms with Crippen molar-refractivity contribution in [1.82, 2.24) is 31.2 Å². The monoisotopic (exact) mass is 664 g/mol. The summed E-state index contributed by atoms with van der Waals surface area (Å²) in [5.41, 5.74) is 3.59. The Morgan fingerprint density at radius 2 is 1.64 bits per heavy atom. The highest BCUT2D eigenvalue weighted by molar-refractivity contribution is 7.16. The first kappa shape index (κ1) is 35.3.